The van der Waals surface area contributed by atoms with E-state index < -0.39 is 16.0 Å². The van der Waals surface area contributed by atoms with Crippen LogP contribution >= 0.6 is 0 Å². The Hall–Kier alpha value is -2.54. The number of rotatable bonds is 5. The predicted octanol–water partition coefficient (Wildman–Crippen LogP) is 2.84. The molecule has 7 heteroatoms. The van der Waals surface area contributed by atoms with Gasteiger partial charge < -0.3 is 9.84 Å². The Bertz CT molecular complexity index is 890. The number of carboxylic acids is 1. The van der Waals surface area contributed by atoms with Gasteiger partial charge in [-0.15, -0.1) is 0 Å². The Balaban J connectivity index is 2.62. The van der Waals surface area contributed by atoms with Crippen LogP contribution in [0.3, 0.4) is 0 Å². The van der Waals surface area contributed by atoms with Crippen molar-refractivity contribution in [3.8, 4) is 5.75 Å². The number of anilines is 1. The van der Waals surface area contributed by atoms with Crippen LogP contribution in [-0.4, -0.2) is 33.7 Å². The highest BCUT2D eigenvalue weighted by Gasteiger charge is 2.27. The highest BCUT2D eigenvalue weighted by atomic mass is 32.2. The van der Waals surface area contributed by atoms with Gasteiger partial charge >= 0.3 is 5.97 Å². The maximum atomic E-state index is 13.0. The van der Waals surface area contributed by atoms with Gasteiger partial charge in [-0.25, -0.2) is 13.2 Å². The van der Waals surface area contributed by atoms with Crippen molar-refractivity contribution < 1.29 is 23.1 Å². The molecule has 0 aliphatic rings. The van der Waals surface area contributed by atoms with Crippen molar-refractivity contribution in [3.63, 3.8) is 0 Å². The number of ether oxygens (including phenoxy) is 1. The number of benzene rings is 2. The van der Waals surface area contributed by atoms with Gasteiger partial charge in [0.05, 0.1) is 23.3 Å². The van der Waals surface area contributed by atoms with Crippen molar-refractivity contribution in [3.05, 3.63) is 53.1 Å². The lowest BCUT2D eigenvalue weighted by Gasteiger charge is -2.23. The normalized spacial score (nSPS) is 11.2. The molecular weight excluding hydrogens is 330 g/mol. The van der Waals surface area contributed by atoms with E-state index in [0.717, 1.165) is 4.31 Å². The van der Waals surface area contributed by atoms with Gasteiger partial charge in [0.25, 0.3) is 10.0 Å². The molecule has 0 aliphatic carbocycles. The predicted molar refractivity (Wildman–Crippen MR) is 91.5 cm³/mol. The zero-order valence-corrected chi connectivity index (χ0v) is 14.7. The fraction of sp³-hybridized carbons (Fsp3) is 0.235. The van der Waals surface area contributed by atoms with E-state index in [4.69, 9.17) is 4.74 Å². The number of aromatic carboxylic acids is 1. The summed E-state index contributed by atoms with van der Waals surface area (Å²) >= 11 is 0. The summed E-state index contributed by atoms with van der Waals surface area (Å²) in [6.45, 7) is 3.28. The lowest BCUT2D eigenvalue weighted by atomic mass is 10.1. The molecule has 0 amide bonds. The molecule has 0 radical (unpaired) electrons. The van der Waals surface area contributed by atoms with E-state index in [1.165, 1.54) is 20.2 Å². The number of hydrogen-bond donors (Lipinski definition) is 1. The number of sulfonamides is 1. The van der Waals surface area contributed by atoms with Crippen molar-refractivity contribution in [2.75, 3.05) is 18.5 Å². The highest BCUT2D eigenvalue weighted by Crippen LogP contribution is 2.32. The summed E-state index contributed by atoms with van der Waals surface area (Å²) in [5.41, 5.74) is 1.34. The Kier molecular flexibility index (Phi) is 4.84. The van der Waals surface area contributed by atoms with Gasteiger partial charge in [0.1, 0.15) is 5.75 Å². The molecule has 24 heavy (non-hydrogen) atoms. The molecular formula is C17H19NO5S. The van der Waals surface area contributed by atoms with Crippen molar-refractivity contribution >= 4 is 21.7 Å². The summed E-state index contributed by atoms with van der Waals surface area (Å²) in [5.74, 6) is -0.754. The maximum Gasteiger partial charge on any atom is 0.335 e. The molecule has 0 saturated heterocycles. The first-order chi connectivity index (χ1) is 11.2. The van der Waals surface area contributed by atoms with Gasteiger partial charge in [-0.05, 0) is 43.2 Å². The third-order valence-corrected chi connectivity index (χ3v) is 5.73. The van der Waals surface area contributed by atoms with E-state index in [0.29, 0.717) is 22.6 Å². The third kappa shape index (κ3) is 3.07. The zero-order chi connectivity index (χ0) is 18.1. The van der Waals surface area contributed by atoms with Gasteiger partial charge in [-0.1, -0.05) is 18.2 Å². The number of aryl methyl sites for hydroxylation is 2. The maximum absolute atomic E-state index is 13.0. The van der Waals surface area contributed by atoms with E-state index in [9.17, 15) is 18.3 Å². The van der Waals surface area contributed by atoms with Crippen LogP contribution in [0.2, 0.25) is 0 Å². The van der Waals surface area contributed by atoms with Crippen LogP contribution in [0.1, 0.15) is 21.5 Å². The molecule has 6 nitrogen and oxygen atoms in total. The molecule has 0 fully saturated rings. The number of carbonyl (C=O) groups is 1. The quantitative estimate of drug-likeness (QED) is 0.897. The molecule has 0 bridgehead atoms. The summed E-state index contributed by atoms with van der Waals surface area (Å²) in [7, 11) is -1.07. The molecule has 1 N–H and O–H groups in total. The fourth-order valence-corrected chi connectivity index (χ4v) is 3.95. The third-order valence-electron chi connectivity index (χ3n) is 3.82. The van der Waals surface area contributed by atoms with E-state index in [-0.39, 0.29) is 10.5 Å². The summed E-state index contributed by atoms with van der Waals surface area (Å²) in [4.78, 5) is 11.3. The Morgan fingerprint density at radius 3 is 2.33 bits per heavy atom. The smallest absolute Gasteiger partial charge is 0.335 e. The van der Waals surface area contributed by atoms with E-state index in [1.54, 1.807) is 44.2 Å². The first-order valence-corrected chi connectivity index (χ1v) is 8.60. The van der Waals surface area contributed by atoms with E-state index in [2.05, 4.69) is 0 Å². The molecule has 2 aromatic carbocycles. The van der Waals surface area contributed by atoms with Gasteiger partial charge in [0.15, 0.2) is 0 Å². The van der Waals surface area contributed by atoms with Crippen LogP contribution in [0.5, 0.6) is 5.75 Å². The number of para-hydroxylation sites is 2. The van der Waals surface area contributed by atoms with Crippen LogP contribution in [0, 0.1) is 13.8 Å². The number of methoxy groups -OCH3 is 1. The minimum atomic E-state index is -3.94. The summed E-state index contributed by atoms with van der Waals surface area (Å²) in [6, 6.07) is 9.49. The molecule has 0 aromatic heterocycles. The Morgan fingerprint density at radius 2 is 1.75 bits per heavy atom. The second kappa shape index (κ2) is 6.52. The lowest BCUT2D eigenvalue weighted by Crippen LogP contribution is -2.28. The standard InChI is InChI=1S/C17H19NO5S/c1-11-9-12(2)16(10-13(11)17(19)20)24(21,22)18(3)14-7-5-6-8-15(14)23-4/h5-10H,1-4H3,(H,19,20). The van der Waals surface area contributed by atoms with Gasteiger partial charge in [0.2, 0.25) is 0 Å². The molecule has 0 unspecified atom stereocenters. The SMILES string of the molecule is COc1ccccc1N(C)S(=O)(=O)c1cc(C(=O)O)c(C)cc1C. The summed E-state index contributed by atoms with van der Waals surface area (Å²) in [5, 5.41) is 9.26. The highest BCUT2D eigenvalue weighted by molar-refractivity contribution is 7.92. The lowest BCUT2D eigenvalue weighted by molar-refractivity contribution is 0.0696. The van der Waals surface area contributed by atoms with Crippen molar-refractivity contribution in [2.24, 2.45) is 0 Å². The fourth-order valence-electron chi connectivity index (χ4n) is 2.51. The van der Waals surface area contributed by atoms with Gasteiger partial charge in [0, 0.05) is 7.05 Å². The molecule has 0 saturated carbocycles. The largest absolute Gasteiger partial charge is 0.495 e. The average molecular weight is 349 g/mol. The summed E-state index contributed by atoms with van der Waals surface area (Å²) in [6.07, 6.45) is 0. The Labute approximate surface area is 141 Å². The van der Waals surface area contributed by atoms with Crippen LogP contribution in [0.25, 0.3) is 0 Å². The number of nitrogens with zero attached hydrogens (tertiary/aromatic N) is 1. The van der Waals surface area contributed by atoms with Crippen LogP contribution < -0.4 is 9.04 Å². The molecule has 2 rings (SSSR count). The molecule has 0 atom stereocenters. The van der Waals surface area contributed by atoms with E-state index >= 15 is 0 Å². The molecule has 2 aromatic rings. The Morgan fingerprint density at radius 1 is 1.12 bits per heavy atom. The number of carboxylic acid groups (broad SMARTS) is 1. The zero-order valence-electron chi connectivity index (χ0n) is 13.9. The van der Waals surface area contributed by atoms with Crippen molar-refractivity contribution in [2.45, 2.75) is 18.7 Å². The van der Waals surface area contributed by atoms with Crippen LogP contribution in [-0.2, 0) is 10.0 Å². The molecule has 128 valence electrons. The minimum absolute atomic E-state index is 0.0346. The second-order valence-corrected chi connectivity index (χ2v) is 7.32. The van der Waals surface area contributed by atoms with Crippen molar-refractivity contribution in [1.29, 1.82) is 0 Å². The van der Waals surface area contributed by atoms with Crippen molar-refractivity contribution in [1.82, 2.24) is 0 Å². The topological polar surface area (TPSA) is 83.9 Å². The first kappa shape index (κ1) is 17.8. The summed E-state index contributed by atoms with van der Waals surface area (Å²) < 4.78 is 32.3. The van der Waals surface area contributed by atoms with Crippen LogP contribution in [0.4, 0.5) is 5.69 Å². The minimum Gasteiger partial charge on any atom is -0.495 e. The monoisotopic (exact) mass is 349 g/mol. The molecule has 0 heterocycles. The van der Waals surface area contributed by atoms with Gasteiger partial charge in [-0.3, -0.25) is 4.31 Å². The average Bonchev–Trinajstić information content (AvgIpc) is 2.53. The van der Waals surface area contributed by atoms with Crippen LogP contribution in [0.15, 0.2) is 41.3 Å². The van der Waals surface area contributed by atoms with Gasteiger partial charge in [-0.2, -0.15) is 0 Å². The second-order valence-electron chi connectivity index (χ2n) is 5.38. The molecule has 0 aliphatic heterocycles. The molecule has 0 spiro atoms. The van der Waals surface area contributed by atoms with E-state index in [1.807, 2.05) is 0 Å². The first-order valence-electron chi connectivity index (χ1n) is 7.16. The number of hydrogen-bond acceptors (Lipinski definition) is 4.